The molecule has 106 valence electrons. The number of carbonyl (C=O) groups is 1. The highest BCUT2D eigenvalue weighted by Crippen LogP contribution is 2.28. The Labute approximate surface area is 117 Å². The summed E-state index contributed by atoms with van der Waals surface area (Å²) in [5.74, 6) is -0.361. The van der Waals surface area contributed by atoms with Gasteiger partial charge in [0, 0.05) is 10.7 Å². The number of rotatable bonds is 5. The van der Waals surface area contributed by atoms with Gasteiger partial charge in [-0.15, -0.1) is 0 Å². The minimum atomic E-state index is -3.77. The van der Waals surface area contributed by atoms with Gasteiger partial charge in [-0.3, -0.25) is 4.79 Å². The maximum Gasteiger partial charge on any atom is 0.261 e. The van der Waals surface area contributed by atoms with Crippen LogP contribution in [0.2, 0.25) is 0 Å². The van der Waals surface area contributed by atoms with Gasteiger partial charge in [-0.25, -0.2) is 8.42 Å². The second-order valence-electron chi connectivity index (χ2n) is 4.44. The van der Waals surface area contributed by atoms with Crippen molar-refractivity contribution >= 4 is 25.6 Å². The van der Waals surface area contributed by atoms with Crippen molar-refractivity contribution in [2.24, 2.45) is 11.7 Å². The highest BCUT2D eigenvalue weighted by molar-refractivity contribution is 8.13. The van der Waals surface area contributed by atoms with E-state index >= 15 is 0 Å². The zero-order valence-electron chi connectivity index (χ0n) is 10.9. The quantitative estimate of drug-likeness (QED) is 0.839. The summed E-state index contributed by atoms with van der Waals surface area (Å²) in [4.78, 5) is 11.0. The van der Waals surface area contributed by atoms with Crippen molar-refractivity contribution in [3.8, 4) is 5.75 Å². The van der Waals surface area contributed by atoms with Crippen molar-refractivity contribution in [1.29, 1.82) is 0 Å². The molecule has 7 heteroatoms. The molecule has 0 saturated heterocycles. The van der Waals surface area contributed by atoms with Crippen molar-refractivity contribution < 1.29 is 17.9 Å². The first-order chi connectivity index (χ1) is 8.62. The van der Waals surface area contributed by atoms with Crippen LogP contribution >= 0.6 is 10.7 Å². The molecule has 0 spiro atoms. The summed E-state index contributed by atoms with van der Waals surface area (Å²) < 4.78 is 28.1. The van der Waals surface area contributed by atoms with Gasteiger partial charge in [0.15, 0.2) is 0 Å². The molecule has 1 aromatic rings. The largest absolute Gasteiger partial charge is 0.492 e. The topological polar surface area (TPSA) is 86.5 Å². The normalized spacial score (nSPS) is 13.1. The summed E-state index contributed by atoms with van der Waals surface area (Å²) in [6, 6.07) is 3.03. The molecule has 1 rings (SSSR count). The van der Waals surface area contributed by atoms with E-state index in [2.05, 4.69) is 0 Å². The molecule has 0 aliphatic carbocycles. The third-order valence-corrected chi connectivity index (χ3v) is 4.17. The highest BCUT2D eigenvalue weighted by atomic mass is 35.7. The van der Waals surface area contributed by atoms with Gasteiger partial charge in [0.25, 0.3) is 9.05 Å². The number of nitrogens with two attached hydrogens (primary N) is 1. The molecule has 1 aromatic carbocycles. The van der Waals surface area contributed by atoms with E-state index in [-0.39, 0.29) is 11.5 Å². The first-order valence-corrected chi connectivity index (χ1v) is 7.92. The van der Waals surface area contributed by atoms with E-state index < -0.39 is 20.9 Å². The van der Waals surface area contributed by atoms with Crippen molar-refractivity contribution in [1.82, 2.24) is 0 Å². The Morgan fingerprint density at radius 3 is 2.42 bits per heavy atom. The number of halogens is 1. The van der Waals surface area contributed by atoms with Crippen LogP contribution in [0.3, 0.4) is 0 Å². The predicted molar refractivity (Wildman–Crippen MR) is 72.8 cm³/mol. The fraction of sp³-hybridized carbons (Fsp3) is 0.417. The van der Waals surface area contributed by atoms with Crippen molar-refractivity contribution in [2.45, 2.75) is 25.7 Å². The van der Waals surface area contributed by atoms with Crippen LogP contribution in [0.25, 0.3) is 0 Å². The molecule has 0 bridgehead atoms. The van der Waals surface area contributed by atoms with Gasteiger partial charge in [-0.1, -0.05) is 6.92 Å². The van der Waals surface area contributed by atoms with E-state index in [0.717, 1.165) is 0 Å². The van der Waals surface area contributed by atoms with Crippen LogP contribution in [-0.2, 0) is 13.8 Å². The van der Waals surface area contributed by atoms with Gasteiger partial charge in [-0.2, -0.15) is 0 Å². The zero-order valence-corrected chi connectivity index (χ0v) is 12.5. The van der Waals surface area contributed by atoms with E-state index in [1.54, 1.807) is 26.8 Å². The number of aryl methyl sites for hydroxylation is 2. The third kappa shape index (κ3) is 4.11. The van der Waals surface area contributed by atoms with E-state index in [9.17, 15) is 13.2 Å². The number of hydrogen-bond acceptors (Lipinski definition) is 4. The Bertz CT molecular complexity index is 598. The molecule has 0 fully saturated rings. The minimum Gasteiger partial charge on any atom is -0.492 e. The summed E-state index contributed by atoms with van der Waals surface area (Å²) >= 11 is 0. The lowest BCUT2D eigenvalue weighted by Crippen LogP contribution is -2.25. The van der Waals surface area contributed by atoms with Crippen molar-refractivity contribution in [2.75, 3.05) is 6.61 Å². The van der Waals surface area contributed by atoms with Crippen LogP contribution in [0.1, 0.15) is 18.1 Å². The van der Waals surface area contributed by atoms with E-state index in [4.69, 9.17) is 21.2 Å². The average Bonchev–Trinajstić information content (AvgIpc) is 2.27. The number of carbonyl (C=O) groups excluding carboxylic acids is 1. The molecule has 1 unspecified atom stereocenters. The van der Waals surface area contributed by atoms with Crippen LogP contribution in [0.5, 0.6) is 5.75 Å². The van der Waals surface area contributed by atoms with Gasteiger partial charge < -0.3 is 10.5 Å². The Hall–Kier alpha value is -1.27. The second-order valence-corrected chi connectivity index (χ2v) is 6.97. The molecule has 0 aliphatic heterocycles. The van der Waals surface area contributed by atoms with Crippen molar-refractivity contribution in [3.05, 3.63) is 23.3 Å². The molecule has 0 heterocycles. The summed E-state index contributed by atoms with van der Waals surface area (Å²) in [5.41, 5.74) is 6.25. The summed E-state index contributed by atoms with van der Waals surface area (Å²) in [7, 11) is 1.55. The first-order valence-electron chi connectivity index (χ1n) is 5.61. The van der Waals surface area contributed by atoms with Gasteiger partial charge in [0.05, 0.1) is 17.4 Å². The standard InChI is InChI=1S/C12H16ClNO4S/c1-7-5-11(19(13,16)17)8(2)4-10(7)18-6-9(3)12(14)15/h4-5,9H,6H2,1-3H3,(H2,14,15). The monoisotopic (exact) mass is 305 g/mol. The minimum absolute atomic E-state index is 0.0574. The molecule has 0 aliphatic rings. The molecule has 0 radical (unpaired) electrons. The lowest BCUT2D eigenvalue weighted by molar-refractivity contribution is -0.122. The van der Waals surface area contributed by atoms with Crippen LogP contribution in [0.4, 0.5) is 0 Å². The maximum absolute atomic E-state index is 11.3. The highest BCUT2D eigenvalue weighted by Gasteiger charge is 2.17. The fourth-order valence-electron chi connectivity index (χ4n) is 1.48. The van der Waals surface area contributed by atoms with Crippen molar-refractivity contribution in [3.63, 3.8) is 0 Å². The van der Waals surface area contributed by atoms with Gasteiger partial charge >= 0.3 is 0 Å². The first kappa shape index (κ1) is 15.8. The summed E-state index contributed by atoms with van der Waals surface area (Å²) in [5, 5.41) is 0. The number of primary amides is 1. The molecule has 19 heavy (non-hydrogen) atoms. The number of amides is 1. The van der Waals surface area contributed by atoms with Crippen LogP contribution < -0.4 is 10.5 Å². The number of hydrogen-bond donors (Lipinski definition) is 1. The Balaban J connectivity index is 3.00. The summed E-state index contributed by atoms with van der Waals surface area (Å²) in [6.07, 6.45) is 0. The molecule has 5 nitrogen and oxygen atoms in total. The molecule has 0 aromatic heterocycles. The molecule has 2 N–H and O–H groups in total. The average molecular weight is 306 g/mol. The van der Waals surface area contributed by atoms with E-state index in [1.807, 2.05) is 0 Å². The van der Waals surface area contributed by atoms with E-state index in [1.165, 1.54) is 6.07 Å². The smallest absolute Gasteiger partial charge is 0.261 e. The number of benzene rings is 1. The van der Waals surface area contributed by atoms with Crippen LogP contribution in [-0.4, -0.2) is 20.9 Å². The van der Waals surface area contributed by atoms with Gasteiger partial charge in [0.1, 0.15) is 5.75 Å². The summed E-state index contributed by atoms with van der Waals surface area (Å²) in [6.45, 7) is 5.12. The molecular formula is C12H16ClNO4S. The molecule has 1 atom stereocenters. The zero-order chi connectivity index (χ0) is 14.8. The third-order valence-electron chi connectivity index (χ3n) is 2.71. The Kier molecular flexibility index (Phi) is 4.81. The SMILES string of the molecule is Cc1cc(S(=O)(=O)Cl)c(C)cc1OCC(C)C(N)=O. The molecular weight excluding hydrogens is 290 g/mol. The van der Waals surface area contributed by atoms with Gasteiger partial charge in [0.2, 0.25) is 5.91 Å². The molecule has 1 amide bonds. The van der Waals surface area contributed by atoms with E-state index in [0.29, 0.717) is 16.9 Å². The number of ether oxygens (including phenoxy) is 1. The predicted octanol–water partition coefficient (Wildman–Crippen LogP) is 1.73. The van der Waals surface area contributed by atoms with Gasteiger partial charge in [-0.05, 0) is 37.1 Å². The van der Waals surface area contributed by atoms with Crippen LogP contribution in [0, 0.1) is 19.8 Å². The second kappa shape index (κ2) is 5.79. The van der Waals surface area contributed by atoms with Crippen LogP contribution in [0.15, 0.2) is 17.0 Å². The maximum atomic E-state index is 11.3. The fourth-order valence-corrected chi connectivity index (χ4v) is 2.74. The Morgan fingerprint density at radius 1 is 1.37 bits per heavy atom. The lowest BCUT2D eigenvalue weighted by atomic mass is 10.1. The molecule has 0 saturated carbocycles. The lowest BCUT2D eigenvalue weighted by Gasteiger charge is -2.14. The Morgan fingerprint density at radius 2 is 1.95 bits per heavy atom.